The lowest BCUT2D eigenvalue weighted by Crippen LogP contribution is -2.37. The van der Waals surface area contributed by atoms with Gasteiger partial charge in [0.25, 0.3) is 10.0 Å². The van der Waals surface area contributed by atoms with E-state index in [-0.39, 0.29) is 10.9 Å². The monoisotopic (exact) mass is 386 g/mol. The number of amides is 2. The third-order valence-corrected chi connectivity index (χ3v) is 5.03. The summed E-state index contributed by atoms with van der Waals surface area (Å²) in [4.78, 5) is 27.3. The van der Waals surface area contributed by atoms with Crippen molar-refractivity contribution in [2.24, 2.45) is 5.14 Å². The molecule has 0 aliphatic carbocycles. The van der Waals surface area contributed by atoms with Gasteiger partial charge in [-0.2, -0.15) is 0 Å². The number of benzene rings is 1. The van der Waals surface area contributed by atoms with Crippen LogP contribution in [0.1, 0.15) is 20.8 Å². The number of ether oxygens (including phenoxy) is 1. The lowest BCUT2D eigenvalue weighted by Gasteiger charge is -2.19. The van der Waals surface area contributed by atoms with Gasteiger partial charge in [0.15, 0.2) is 0 Å². The Balaban J connectivity index is 2.00. The number of rotatable bonds is 4. The van der Waals surface area contributed by atoms with E-state index in [4.69, 9.17) is 9.88 Å². The number of nitrogens with zero attached hydrogens (tertiary/aromatic N) is 1. The summed E-state index contributed by atoms with van der Waals surface area (Å²) in [5.41, 5.74) is 0.241. The van der Waals surface area contributed by atoms with E-state index in [1.54, 1.807) is 39.0 Å². The number of hydrogen-bond donors (Lipinski definition) is 3. The molecule has 2 amide bonds. The highest BCUT2D eigenvalue weighted by Crippen LogP contribution is 2.27. The Bertz CT molecular complexity index is 915. The number of sulfonamides is 1. The molecule has 0 aliphatic rings. The molecule has 1 heterocycles. The molecule has 0 aliphatic heterocycles. The van der Waals surface area contributed by atoms with E-state index in [1.807, 2.05) is 0 Å². The number of aromatic nitrogens is 1. The Kier molecular flexibility index (Phi) is 5.30. The maximum Gasteiger partial charge on any atom is 0.408 e. The number of carbonyl (C=O) groups excluding carboxylic acids is 2. The van der Waals surface area contributed by atoms with Crippen molar-refractivity contribution in [3.63, 3.8) is 0 Å². The van der Waals surface area contributed by atoms with Gasteiger partial charge >= 0.3 is 6.09 Å². The number of carbonyl (C=O) groups is 2. The van der Waals surface area contributed by atoms with Gasteiger partial charge in [0.2, 0.25) is 10.2 Å². The number of primary sulfonamides is 1. The van der Waals surface area contributed by atoms with Crippen molar-refractivity contribution in [2.75, 3.05) is 11.9 Å². The Labute approximate surface area is 148 Å². The van der Waals surface area contributed by atoms with Crippen LogP contribution in [0.5, 0.6) is 0 Å². The van der Waals surface area contributed by atoms with Gasteiger partial charge in [-0.1, -0.05) is 0 Å². The first-order chi connectivity index (χ1) is 11.4. The topological polar surface area (TPSA) is 140 Å². The minimum Gasteiger partial charge on any atom is -0.444 e. The SMILES string of the molecule is CC(C)(C)OC(=O)NCC(=O)Nc1ccc2nc(S(N)(=O)=O)sc2c1. The zero-order valence-corrected chi connectivity index (χ0v) is 15.5. The summed E-state index contributed by atoms with van der Waals surface area (Å²) in [5, 5.41) is 9.98. The van der Waals surface area contributed by atoms with E-state index in [2.05, 4.69) is 15.6 Å². The predicted molar refractivity (Wildman–Crippen MR) is 93.9 cm³/mol. The normalized spacial score (nSPS) is 12.0. The van der Waals surface area contributed by atoms with Crippen LogP contribution in [0.25, 0.3) is 10.2 Å². The molecule has 2 rings (SSSR count). The Hall–Kier alpha value is -2.24. The van der Waals surface area contributed by atoms with Crippen molar-refractivity contribution in [3.05, 3.63) is 18.2 Å². The van der Waals surface area contributed by atoms with Crippen molar-refractivity contribution in [1.82, 2.24) is 10.3 Å². The van der Waals surface area contributed by atoms with Gasteiger partial charge < -0.3 is 15.4 Å². The van der Waals surface area contributed by atoms with Crippen molar-refractivity contribution < 1.29 is 22.7 Å². The van der Waals surface area contributed by atoms with Crippen LogP contribution in [-0.2, 0) is 19.6 Å². The largest absolute Gasteiger partial charge is 0.444 e. The Morgan fingerprint density at radius 1 is 1.32 bits per heavy atom. The van der Waals surface area contributed by atoms with Gasteiger partial charge in [-0.3, -0.25) is 4.79 Å². The van der Waals surface area contributed by atoms with Crippen LogP contribution in [0.15, 0.2) is 22.5 Å². The quantitative estimate of drug-likeness (QED) is 0.725. The molecule has 9 nitrogen and oxygen atoms in total. The summed E-state index contributed by atoms with van der Waals surface area (Å²) in [6.45, 7) is 4.88. The lowest BCUT2D eigenvalue weighted by atomic mass is 10.2. The number of alkyl carbamates (subject to hydrolysis) is 1. The molecule has 0 saturated carbocycles. The number of thiazole rings is 1. The molecule has 0 atom stereocenters. The molecule has 136 valence electrons. The van der Waals surface area contributed by atoms with E-state index in [1.165, 1.54) is 0 Å². The summed E-state index contributed by atoms with van der Waals surface area (Å²) >= 11 is 0.905. The van der Waals surface area contributed by atoms with Crippen LogP contribution in [-0.4, -0.2) is 37.5 Å². The molecule has 25 heavy (non-hydrogen) atoms. The minimum atomic E-state index is -3.88. The van der Waals surface area contributed by atoms with Crippen LogP contribution in [0, 0.1) is 0 Å². The molecule has 1 aromatic heterocycles. The van der Waals surface area contributed by atoms with Gasteiger partial charge in [0.05, 0.1) is 10.2 Å². The summed E-state index contributed by atoms with van der Waals surface area (Å²) < 4.78 is 28.0. The van der Waals surface area contributed by atoms with Crippen molar-refractivity contribution in [3.8, 4) is 0 Å². The minimum absolute atomic E-state index is 0.197. The molecular formula is C14H18N4O5S2. The van der Waals surface area contributed by atoms with Gasteiger partial charge in [-0.15, -0.1) is 11.3 Å². The number of nitrogens with two attached hydrogens (primary N) is 1. The first kappa shape index (κ1) is 19.1. The molecule has 0 radical (unpaired) electrons. The molecule has 0 saturated heterocycles. The first-order valence-electron chi connectivity index (χ1n) is 7.14. The maximum absolute atomic E-state index is 11.9. The van der Waals surface area contributed by atoms with Crippen LogP contribution in [0.4, 0.5) is 10.5 Å². The molecular weight excluding hydrogens is 368 g/mol. The van der Waals surface area contributed by atoms with Crippen molar-refractivity contribution in [2.45, 2.75) is 30.7 Å². The summed E-state index contributed by atoms with van der Waals surface area (Å²) in [6, 6.07) is 4.71. The molecule has 0 fully saturated rings. The van der Waals surface area contributed by atoms with E-state index in [0.29, 0.717) is 15.9 Å². The number of hydrogen-bond acceptors (Lipinski definition) is 7. The third-order valence-electron chi connectivity index (χ3n) is 2.69. The second-order valence-corrected chi connectivity index (χ2v) is 8.88. The van der Waals surface area contributed by atoms with E-state index < -0.39 is 27.6 Å². The molecule has 11 heteroatoms. The molecule has 0 unspecified atom stereocenters. The Morgan fingerprint density at radius 3 is 2.60 bits per heavy atom. The Morgan fingerprint density at radius 2 is 2.00 bits per heavy atom. The lowest BCUT2D eigenvalue weighted by molar-refractivity contribution is -0.115. The van der Waals surface area contributed by atoms with Crippen LogP contribution in [0.3, 0.4) is 0 Å². The predicted octanol–water partition coefficient (Wildman–Crippen LogP) is 1.41. The third kappa shape index (κ3) is 5.66. The molecule has 1 aromatic carbocycles. The van der Waals surface area contributed by atoms with E-state index >= 15 is 0 Å². The number of anilines is 1. The zero-order valence-electron chi connectivity index (χ0n) is 13.8. The van der Waals surface area contributed by atoms with Crippen LogP contribution in [0.2, 0.25) is 0 Å². The highest BCUT2D eigenvalue weighted by molar-refractivity contribution is 7.91. The fraction of sp³-hybridized carbons (Fsp3) is 0.357. The van der Waals surface area contributed by atoms with E-state index in [0.717, 1.165) is 11.3 Å². The van der Waals surface area contributed by atoms with Crippen molar-refractivity contribution in [1.29, 1.82) is 0 Å². The fourth-order valence-electron chi connectivity index (χ4n) is 1.77. The van der Waals surface area contributed by atoms with Gasteiger partial charge in [0.1, 0.15) is 12.1 Å². The average molecular weight is 386 g/mol. The highest BCUT2D eigenvalue weighted by Gasteiger charge is 2.17. The second-order valence-electron chi connectivity index (χ2n) is 6.11. The molecule has 0 spiro atoms. The van der Waals surface area contributed by atoms with E-state index in [9.17, 15) is 18.0 Å². The van der Waals surface area contributed by atoms with Gasteiger partial charge in [-0.05, 0) is 39.0 Å². The smallest absolute Gasteiger partial charge is 0.408 e. The second kappa shape index (κ2) is 6.94. The summed E-state index contributed by atoms with van der Waals surface area (Å²) in [5.74, 6) is -0.457. The maximum atomic E-state index is 11.9. The summed E-state index contributed by atoms with van der Waals surface area (Å²) in [7, 11) is -3.88. The average Bonchev–Trinajstić information content (AvgIpc) is 2.86. The van der Waals surface area contributed by atoms with Crippen LogP contribution >= 0.6 is 11.3 Å². The zero-order chi connectivity index (χ0) is 18.8. The van der Waals surface area contributed by atoms with Crippen LogP contribution < -0.4 is 15.8 Å². The summed E-state index contributed by atoms with van der Waals surface area (Å²) in [6.07, 6.45) is -0.696. The molecule has 2 aromatic rings. The fourth-order valence-corrected chi connectivity index (χ4v) is 3.47. The molecule has 4 N–H and O–H groups in total. The standard InChI is InChI=1S/C14H18N4O5S2/c1-14(2,3)23-12(20)16-7-11(19)17-8-4-5-9-10(6-8)24-13(18-9)25(15,21)22/h4-6H,7H2,1-3H3,(H,16,20)(H,17,19)(H2,15,21,22). The van der Waals surface area contributed by atoms with Gasteiger partial charge in [-0.25, -0.2) is 23.3 Å². The first-order valence-corrected chi connectivity index (χ1v) is 9.50. The van der Waals surface area contributed by atoms with Crippen molar-refractivity contribution >= 4 is 49.3 Å². The van der Waals surface area contributed by atoms with Gasteiger partial charge in [0, 0.05) is 5.69 Å². The molecule has 0 bridgehead atoms. The highest BCUT2D eigenvalue weighted by atomic mass is 32.2. The number of fused-ring (bicyclic) bond motifs is 1. The number of nitrogens with one attached hydrogen (secondary N) is 2.